The smallest absolute Gasteiger partial charge is 0.415 e. The molecule has 1 aliphatic rings. The van der Waals surface area contributed by atoms with Crippen molar-refractivity contribution in [2.24, 2.45) is 0 Å². The van der Waals surface area contributed by atoms with Crippen LogP contribution in [0.3, 0.4) is 0 Å². The number of fused-ring (bicyclic) bond motifs is 1. The molecule has 0 saturated heterocycles. The van der Waals surface area contributed by atoms with E-state index in [1.165, 1.54) is 29.6 Å². The Hall–Kier alpha value is -3.51. The average Bonchev–Trinajstić information content (AvgIpc) is 2.75. The normalized spacial score (nSPS) is 12.9. The third kappa shape index (κ3) is 4.39. The number of carbonyl (C=O) groups excluding carboxylic acids is 1. The van der Waals surface area contributed by atoms with Gasteiger partial charge >= 0.3 is 6.09 Å². The molecule has 3 aromatic heterocycles. The Labute approximate surface area is 175 Å². The SMILES string of the molecule is CNSNc1nccc(CN2Cc3ncc(Oc4cccnn4)cc3OC2=O)c1F. The molecular formula is C18H16FN7O3S. The highest BCUT2D eigenvalue weighted by atomic mass is 32.2. The Morgan fingerprint density at radius 2 is 2.23 bits per heavy atom. The number of pyridine rings is 2. The quantitative estimate of drug-likeness (QED) is 0.543. The number of anilines is 1. The molecule has 12 heteroatoms. The molecule has 0 spiro atoms. The summed E-state index contributed by atoms with van der Waals surface area (Å²) in [5.74, 6) is 0.451. The molecule has 0 bridgehead atoms. The maximum absolute atomic E-state index is 14.6. The van der Waals surface area contributed by atoms with Gasteiger partial charge in [0.15, 0.2) is 23.1 Å². The molecule has 2 N–H and O–H groups in total. The van der Waals surface area contributed by atoms with Crippen LogP contribution in [0.2, 0.25) is 0 Å². The number of carbonyl (C=O) groups is 1. The third-order valence-corrected chi connectivity index (χ3v) is 4.55. The second kappa shape index (κ2) is 8.88. The Morgan fingerprint density at radius 1 is 1.33 bits per heavy atom. The molecular weight excluding hydrogens is 413 g/mol. The molecule has 10 nitrogen and oxygen atoms in total. The summed E-state index contributed by atoms with van der Waals surface area (Å²) in [6, 6.07) is 6.39. The number of aromatic nitrogens is 4. The fourth-order valence-electron chi connectivity index (χ4n) is 2.69. The van der Waals surface area contributed by atoms with Gasteiger partial charge in [0.1, 0.15) is 5.69 Å². The fourth-order valence-corrected chi connectivity index (χ4v) is 3.03. The second-order valence-corrected chi connectivity index (χ2v) is 6.86. The first-order valence-electron chi connectivity index (χ1n) is 8.77. The lowest BCUT2D eigenvalue weighted by Crippen LogP contribution is -2.37. The van der Waals surface area contributed by atoms with Crippen LogP contribution < -0.4 is 18.9 Å². The maximum Gasteiger partial charge on any atom is 0.415 e. The largest absolute Gasteiger partial charge is 0.436 e. The first-order chi connectivity index (χ1) is 14.6. The van der Waals surface area contributed by atoms with Crippen LogP contribution in [0.5, 0.6) is 17.4 Å². The van der Waals surface area contributed by atoms with Crippen LogP contribution in [0.15, 0.2) is 42.9 Å². The molecule has 0 radical (unpaired) electrons. The molecule has 4 rings (SSSR count). The van der Waals surface area contributed by atoms with Gasteiger partial charge in [-0.15, -0.1) is 5.10 Å². The van der Waals surface area contributed by atoms with E-state index in [9.17, 15) is 9.18 Å². The number of rotatable bonds is 7. The molecule has 3 aromatic rings. The molecule has 0 aliphatic carbocycles. The molecule has 0 fully saturated rings. The lowest BCUT2D eigenvalue weighted by Gasteiger charge is -2.27. The van der Waals surface area contributed by atoms with Crippen molar-refractivity contribution in [3.8, 4) is 17.4 Å². The number of nitrogens with one attached hydrogen (secondary N) is 2. The monoisotopic (exact) mass is 429 g/mol. The zero-order valence-corrected chi connectivity index (χ0v) is 16.5. The van der Waals surface area contributed by atoms with Gasteiger partial charge in [-0.3, -0.25) is 14.6 Å². The Balaban J connectivity index is 1.48. The highest BCUT2D eigenvalue weighted by Crippen LogP contribution is 2.31. The van der Waals surface area contributed by atoms with Gasteiger partial charge in [0.2, 0.25) is 5.88 Å². The highest BCUT2D eigenvalue weighted by molar-refractivity contribution is 7.98. The minimum absolute atomic E-state index is 0.00502. The highest BCUT2D eigenvalue weighted by Gasteiger charge is 2.28. The van der Waals surface area contributed by atoms with E-state index in [-0.39, 0.29) is 30.5 Å². The summed E-state index contributed by atoms with van der Waals surface area (Å²) < 4.78 is 31.1. The van der Waals surface area contributed by atoms with E-state index >= 15 is 0 Å². The van der Waals surface area contributed by atoms with E-state index in [0.717, 1.165) is 12.1 Å². The molecule has 0 aromatic carbocycles. The zero-order chi connectivity index (χ0) is 20.9. The van der Waals surface area contributed by atoms with E-state index in [2.05, 4.69) is 29.6 Å². The van der Waals surface area contributed by atoms with Gasteiger partial charge in [-0.2, -0.15) is 5.10 Å². The maximum atomic E-state index is 14.6. The lowest BCUT2D eigenvalue weighted by atomic mass is 10.2. The van der Waals surface area contributed by atoms with Crippen LogP contribution in [0, 0.1) is 5.82 Å². The van der Waals surface area contributed by atoms with Gasteiger partial charge in [-0.05, 0) is 19.2 Å². The standard InChI is InChI=1S/C18H16FN7O3S/c1-20-30-25-17-16(19)11(4-6-21-17)9-26-10-13-14(29-18(26)27)7-12(8-22-13)28-15-3-2-5-23-24-15/h2-8,20H,9-10H2,1H3,(H,21,25). The van der Waals surface area contributed by atoms with Gasteiger partial charge in [0.25, 0.3) is 0 Å². The Morgan fingerprint density at radius 3 is 3.03 bits per heavy atom. The Kier molecular flexibility index (Phi) is 5.86. The molecule has 0 unspecified atom stereocenters. The van der Waals surface area contributed by atoms with Gasteiger partial charge in [-0.1, -0.05) is 0 Å². The van der Waals surface area contributed by atoms with Crippen molar-refractivity contribution in [1.82, 2.24) is 29.8 Å². The van der Waals surface area contributed by atoms with E-state index in [1.807, 2.05) is 0 Å². The van der Waals surface area contributed by atoms with Crippen molar-refractivity contribution in [3.05, 3.63) is 59.9 Å². The fraction of sp³-hybridized carbons (Fsp3) is 0.167. The van der Waals surface area contributed by atoms with Crippen molar-refractivity contribution in [2.45, 2.75) is 13.1 Å². The average molecular weight is 429 g/mol. The summed E-state index contributed by atoms with van der Waals surface area (Å²) in [6.45, 7) is 0.167. The Bertz CT molecular complexity index is 1060. The van der Waals surface area contributed by atoms with Crippen LogP contribution in [-0.4, -0.2) is 38.2 Å². The van der Waals surface area contributed by atoms with Crippen LogP contribution >= 0.6 is 12.1 Å². The summed E-state index contributed by atoms with van der Waals surface area (Å²) in [7, 11) is 1.69. The molecule has 1 aliphatic heterocycles. The number of hydrogen-bond donors (Lipinski definition) is 2. The van der Waals surface area contributed by atoms with Crippen molar-refractivity contribution >= 4 is 24.0 Å². The van der Waals surface area contributed by atoms with Crippen molar-refractivity contribution in [2.75, 3.05) is 11.8 Å². The molecule has 4 heterocycles. The van der Waals surface area contributed by atoms with Gasteiger partial charge < -0.3 is 9.47 Å². The third-order valence-electron chi connectivity index (χ3n) is 4.05. The molecule has 0 atom stereocenters. The summed E-state index contributed by atoms with van der Waals surface area (Å²) in [5.41, 5.74) is 0.826. The van der Waals surface area contributed by atoms with E-state index in [0.29, 0.717) is 17.0 Å². The lowest BCUT2D eigenvalue weighted by molar-refractivity contribution is 0.133. The predicted octanol–water partition coefficient (Wildman–Crippen LogP) is 2.91. The van der Waals surface area contributed by atoms with Crippen molar-refractivity contribution in [3.63, 3.8) is 0 Å². The molecule has 154 valence electrons. The number of ether oxygens (including phenoxy) is 2. The summed E-state index contributed by atoms with van der Waals surface area (Å²) in [5, 5.41) is 7.55. The summed E-state index contributed by atoms with van der Waals surface area (Å²) >= 11 is 1.09. The molecule has 1 amide bonds. The summed E-state index contributed by atoms with van der Waals surface area (Å²) in [4.78, 5) is 22.0. The number of nitrogens with zero attached hydrogens (tertiary/aromatic N) is 5. The van der Waals surface area contributed by atoms with Crippen LogP contribution in [-0.2, 0) is 13.1 Å². The zero-order valence-electron chi connectivity index (χ0n) is 15.7. The first kappa shape index (κ1) is 19.8. The molecule has 0 saturated carbocycles. The van der Waals surface area contributed by atoms with E-state index in [1.54, 1.807) is 25.2 Å². The number of amides is 1. The second-order valence-electron chi connectivity index (χ2n) is 6.04. The predicted molar refractivity (Wildman–Crippen MR) is 106 cm³/mol. The van der Waals surface area contributed by atoms with Gasteiger partial charge in [-0.25, -0.2) is 18.9 Å². The number of halogens is 1. The van der Waals surface area contributed by atoms with E-state index < -0.39 is 11.9 Å². The number of hydrogen-bond acceptors (Lipinski definition) is 10. The van der Waals surface area contributed by atoms with E-state index in [4.69, 9.17) is 9.47 Å². The minimum Gasteiger partial charge on any atom is -0.436 e. The van der Waals surface area contributed by atoms with Crippen LogP contribution in [0.4, 0.5) is 15.0 Å². The first-order valence-corrected chi connectivity index (χ1v) is 9.59. The van der Waals surface area contributed by atoms with Gasteiger partial charge in [0.05, 0.1) is 19.3 Å². The van der Waals surface area contributed by atoms with Crippen molar-refractivity contribution in [1.29, 1.82) is 0 Å². The van der Waals surface area contributed by atoms with Crippen molar-refractivity contribution < 1.29 is 18.7 Å². The summed E-state index contributed by atoms with van der Waals surface area (Å²) in [6.07, 6.45) is 3.87. The molecule has 30 heavy (non-hydrogen) atoms. The minimum atomic E-state index is -0.615. The topological polar surface area (TPSA) is 114 Å². The van der Waals surface area contributed by atoms with Gasteiger partial charge in [0, 0.05) is 42.2 Å². The van der Waals surface area contributed by atoms with Crippen LogP contribution in [0.25, 0.3) is 0 Å². The van der Waals surface area contributed by atoms with Crippen LogP contribution in [0.1, 0.15) is 11.3 Å².